The fraction of sp³-hybridized carbons (Fsp3) is 0.562. The van der Waals surface area contributed by atoms with Gasteiger partial charge in [0.25, 0.3) is 0 Å². The molecule has 5 nitrogen and oxygen atoms in total. The van der Waals surface area contributed by atoms with Crippen molar-refractivity contribution in [1.29, 1.82) is 0 Å². The third-order valence-corrected chi connectivity index (χ3v) is 3.99. The molecule has 2 rings (SSSR count). The van der Waals surface area contributed by atoms with E-state index in [-0.39, 0.29) is 11.3 Å². The van der Waals surface area contributed by atoms with Crippen molar-refractivity contribution >= 4 is 5.91 Å². The van der Waals surface area contributed by atoms with E-state index in [0.29, 0.717) is 24.7 Å². The van der Waals surface area contributed by atoms with Crippen LogP contribution < -0.4 is 14.8 Å². The number of rotatable bonds is 6. The van der Waals surface area contributed by atoms with E-state index in [1.807, 2.05) is 38.2 Å². The van der Waals surface area contributed by atoms with Crippen LogP contribution in [0.4, 0.5) is 0 Å². The lowest BCUT2D eigenvalue weighted by molar-refractivity contribution is -0.139. The summed E-state index contributed by atoms with van der Waals surface area (Å²) in [5.41, 5.74) is -0.279. The molecule has 1 fully saturated rings. The summed E-state index contributed by atoms with van der Waals surface area (Å²) in [6.07, 6.45) is 0.892. The van der Waals surface area contributed by atoms with Gasteiger partial charge in [0.15, 0.2) is 11.5 Å². The van der Waals surface area contributed by atoms with Crippen LogP contribution in [0, 0.1) is 5.41 Å². The molecule has 0 aliphatic carbocycles. The molecule has 0 radical (unpaired) electrons. The van der Waals surface area contributed by atoms with E-state index < -0.39 is 0 Å². The Kier molecular flexibility index (Phi) is 5.07. The number of carbonyl (C=O) groups excluding carboxylic acids is 1. The van der Waals surface area contributed by atoms with Crippen molar-refractivity contribution in [1.82, 2.24) is 10.2 Å². The van der Waals surface area contributed by atoms with Crippen molar-refractivity contribution in [2.45, 2.75) is 13.3 Å². The van der Waals surface area contributed by atoms with E-state index in [9.17, 15) is 4.79 Å². The molecule has 0 spiro atoms. The van der Waals surface area contributed by atoms with Gasteiger partial charge < -0.3 is 19.7 Å². The van der Waals surface area contributed by atoms with Gasteiger partial charge in [0.1, 0.15) is 6.61 Å². The van der Waals surface area contributed by atoms with E-state index in [2.05, 4.69) is 5.32 Å². The minimum Gasteiger partial charge on any atom is -0.493 e. The molecule has 21 heavy (non-hydrogen) atoms. The molecular formula is C16H24N2O3. The average molecular weight is 292 g/mol. The maximum absolute atomic E-state index is 12.4. The standard InChI is InChI=1S/C16H24N2O3/c1-16(8-9-17-12-16)15(19)18(2)10-11-21-14-7-5-4-6-13(14)20-3/h4-7,17H,8-12H2,1-3H3. The molecule has 1 heterocycles. The van der Waals surface area contributed by atoms with Crippen molar-refractivity contribution in [3.05, 3.63) is 24.3 Å². The number of para-hydroxylation sites is 2. The Bertz CT molecular complexity index is 484. The second-order valence-electron chi connectivity index (χ2n) is 5.71. The summed E-state index contributed by atoms with van der Waals surface area (Å²) in [6, 6.07) is 7.52. The lowest BCUT2D eigenvalue weighted by Crippen LogP contribution is -2.43. The van der Waals surface area contributed by atoms with Crippen LogP contribution in [-0.2, 0) is 4.79 Å². The van der Waals surface area contributed by atoms with Gasteiger partial charge in [-0.05, 0) is 32.0 Å². The summed E-state index contributed by atoms with van der Waals surface area (Å²) in [5, 5.41) is 3.25. The van der Waals surface area contributed by atoms with Crippen molar-refractivity contribution in [3.8, 4) is 11.5 Å². The Morgan fingerprint density at radius 2 is 2.10 bits per heavy atom. The number of nitrogens with zero attached hydrogens (tertiary/aromatic N) is 1. The van der Waals surface area contributed by atoms with Crippen LogP contribution in [0.1, 0.15) is 13.3 Å². The summed E-state index contributed by atoms with van der Waals surface area (Å²) in [7, 11) is 3.45. The number of ether oxygens (including phenoxy) is 2. The van der Waals surface area contributed by atoms with Crippen molar-refractivity contribution in [2.75, 3.05) is 40.4 Å². The summed E-state index contributed by atoms with van der Waals surface area (Å²) < 4.78 is 10.9. The molecule has 5 heteroatoms. The van der Waals surface area contributed by atoms with Gasteiger partial charge in [-0.1, -0.05) is 12.1 Å². The van der Waals surface area contributed by atoms with Gasteiger partial charge >= 0.3 is 0 Å². The zero-order valence-electron chi connectivity index (χ0n) is 13.0. The van der Waals surface area contributed by atoms with Gasteiger partial charge in [0.05, 0.1) is 19.1 Å². The normalized spacial score (nSPS) is 21.1. The number of carbonyl (C=O) groups is 1. The summed E-state index contributed by atoms with van der Waals surface area (Å²) in [6.45, 7) is 4.70. The summed E-state index contributed by atoms with van der Waals surface area (Å²) >= 11 is 0. The molecule has 1 aromatic carbocycles. The molecule has 1 saturated heterocycles. The number of amides is 1. The van der Waals surface area contributed by atoms with Gasteiger partial charge in [-0.2, -0.15) is 0 Å². The van der Waals surface area contributed by atoms with E-state index in [1.165, 1.54) is 0 Å². The largest absolute Gasteiger partial charge is 0.493 e. The molecule has 1 atom stereocenters. The smallest absolute Gasteiger partial charge is 0.229 e. The Balaban J connectivity index is 1.84. The first kappa shape index (κ1) is 15.6. The lowest BCUT2D eigenvalue weighted by atomic mass is 9.88. The van der Waals surface area contributed by atoms with Gasteiger partial charge in [-0.15, -0.1) is 0 Å². The third-order valence-electron chi connectivity index (χ3n) is 3.99. The molecule has 1 unspecified atom stereocenters. The van der Waals surface area contributed by atoms with Crippen LogP contribution in [0.25, 0.3) is 0 Å². The Morgan fingerprint density at radius 3 is 2.71 bits per heavy atom. The second-order valence-corrected chi connectivity index (χ2v) is 5.71. The molecule has 1 aliphatic rings. The van der Waals surface area contributed by atoms with E-state index >= 15 is 0 Å². The Hall–Kier alpha value is -1.75. The highest BCUT2D eigenvalue weighted by molar-refractivity contribution is 5.82. The molecule has 0 aromatic heterocycles. The Labute approximate surface area is 126 Å². The first-order chi connectivity index (χ1) is 10.1. The number of methoxy groups -OCH3 is 1. The number of nitrogens with one attached hydrogen (secondary N) is 1. The van der Waals surface area contributed by atoms with Crippen LogP contribution in [-0.4, -0.2) is 51.2 Å². The number of hydrogen-bond acceptors (Lipinski definition) is 4. The molecule has 1 aliphatic heterocycles. The van der Waals surface area contributed by atoms with Crippen LogP contribution >= 0.6 is 0 Å². The first-order valence-electron chi connectivity index (χ1n) is 7.29. The molecule has 0 bridgehead atoms. The van der Waals surface area contributed by atoms with Gasteiger partial charge in [0, 0.05) is 13.6 Å². The zero-order chi connectivity index (χ0) is 15.3. The molecule has 0 saturated carbocycles. The number of hydrogen-bond donors (Lipinski definition) is 1. The third kappa shape index (κ3) is 3.67. The fourth-order valence-electron chi connectivity index (χ4n) is 2.59. The maximum atomic E-state index is 12.4. The highest BCUT2D eigenvalue weighted by Gasteiger charge is 2.38. The molecule has 116 valence electrons. The van der Waals surface area contributed by atoms with Gasteiger partial charge in [-0.3, -0.25) is 4.79 Å². The quantitative estimate of drug-likeness (QED) is 0.864. The Morgan fingerprint density at radius 1 is 1.38 bits per heavy atom. The number of benzene rings is 1. The van der Waals surface area contributed by atoms with Crippen LogP contribution in [0.3, 0.4) is 0 Å². The highest BCUT2D eigenvalue weighted by atomic mass is 16.5. The monoisotopic (exact) mass is 292 g/mol. The molecule has 1 N–H and O–H groups in total. The zero-order valence-corrected chi connectivity index (χ0v) is 13.0. The van der Waals surface area contributed by atoms with Crippen molar-refractivity contribution < 1.29 is 14.3 Å². The predicted molar refractivity (Wildman–Crippen MR) is 81.7 cm³/mol. The molecule has 1 aromatic rings. The van der Waals surface area contributed by atoms with E-state index in [0.717, 1.165) is 19.5 Å². The van der Waals surface area contributed by atoms with Crippen LogP contribution in [0.5, 0.6) is 11.5 Å². The van der Waals surface area contributed by atoms with Crippen molar-refractivity contribution in [2.24, 2.45) is 5.41 Å². The maximum Gasteiger partial charge on any atom is 0.229 e. The highest BCUT2D eigenvalue weighted by Crippen LogP contribution is 2.27. The minimum absolute atomic E-state index is 0.177. The SMILES string of the molecule is COc1ccccc1OCCN(C)C(=O)C1(C)CCNC1. The van der Waals surface area contributed by atoms with E-state index in [4.69, 9.17) is 9.47 Å². The minimum atomic E-state index is -0.279. The second kappa shape index (κ2) is 6.80. The number of likely N-dealkylation sites (N-methyl/N-ethyl adjacent to an activating group) is 1. The fourth-order valence-corrected chi connectivity index (χ4v) is 2.59. The predicted octanol–water partition coefficient (Wildman–Crippen LogP) is 1.53. The summed E-state index contributed by atoms with van der Waals surface area (Å²) in [4.78, 5) is 14.2. The van der Waals surface area contributed by atoms with E-state index in [1.54, 1.807) is 12.0 Å². The van der Waals surface area contributed by atoms with Gasteiger partial charge in [-0.25, -0.2) is 0 Å². The first-order valence-corrected chi connectivity index (χ1v) is 7.29. The molecular weight excluding hydrogens is 268 g/mol. The average Bonchev–Trinajstić information content (AvgIpc) is 2.95. The molecule has 1 amide bonds. The lowest BCUT2D eigenvalue weighted by Gasteiger charge is -2.28. The topological polar surface area (TPSA) is 50.8 Å². The van der Waals surface area contributed by atoms with Gasteiger partial charge in [0.2, 0.25) is 5.91 Å². The summed E-state index contributed by atoms with van der Waals surface area (Å²) in [5.74, 6) is 1.59. The van der Waals surface area contributed by atoms with Crippen LogP contribution in [0.15, 0.2) is 24.3 Å². The van der Waals surface area contributed by atoms with Crippen LogP contribution in [0.2, 0.25) is 0 Å². The van der Waals surface area contributed by atoms with Crippen molar-refractivity contribution in [3.63, 3.8) is 0 Å².